The van der Waals surface area contributed by atoms with Crippen LogP contribution in [0.25, 0.3) is 19.1 Å². The van der Waals surface area contributed by atoms with Gasteiger partial charge in [0, 0.05) is 6.04 Å². The van der Waals surface area contributed by atoms with Crippen LogP contribution in [0.3, 0.4) is 0 Å². The summed E-state index contributed by atoms with van der Waals surface area (Å²) in [7, 11) is 11.2. The Morgan fingerprint density at radius 3 is 2.04 bits per heavy atom. The van der Waals surface area contributed by atoms with Crippen molar-refractivity contribution in [2.75, 3.05) is 14.2 Å². The van der Waals surface area contributed by atoms with Gasteiger partial charge < -0.3 is 14.0 Å². The normalized spacial score (nSPS) is 11.1. The number of carbonyl (C=O) groups excluding carboxylic acids is 2. The lowest BCUT2D eigenvalue weighted by molar-refractivity contribution is 0.0564. The molecule has 0 unspecified atom stereocenters. The number of ether oxygens (including phenoxy) is 2. The zero-order chi connectivity index (χ0) is 18.1. The van der Waals surface area contributed by atoms with Crippen LogP contribution < -0.4 is 0 Å². The van der Waals surface area contributed by atoms with E-state index >= 15 is 0 Å². The zero-order valence-corrected chi connectivity index (χ0v) is 19.2. The summed E-state index contributed by atoms with van der Waals surface area (Å²) in [6.07, 6.45) is 0. The Balaban J connectivity index is 2.51. The van der Waals surface area contributed by atoms with Crippen LogP contribution >= 0.6 is 71.4 Å². The SMILES string of the molecule is COC(=O)c1sc2c3sssssc3n(C(C)C)c2sc1C(=O)OC. The molecule has 0 amide bonds. The summed E-state index contributed by atoms with van der Waals surface area (Å²) in [5, 5.41) is 0. The molecule has 0 aliphatic carbocycles. The lowest BCUT2D eigenvalue weighted by Gasteiger charge is -2.11. The van der Waals surface area contributed by atoms with Crippen LogP contribution in [0.2, 0.25) is 0 Å². The Hall–Kier alpha value is -0.500. The summed E-state index contributed by atoms with van der Waals surface area (Å²) in [5.74, 6) is -1.04. The number of hydrogen-bond acceptors (Lipinski definition) is 11. The lowest BCUT2D eigenvalue weighted by atomic mass is 10.4. The maximum atomic E-state index is 12.2. The van der Waals surface area contributed by atoms with Gasteiger partial charge in [-0.3, -0.25) is 0 Å². The van der Waals surface area contributed by atoms with Crippen LogP contribution in [-0.4, -0.2) is 30.7 Å². The van der Waals surface area contributed by atoms with Gasteiger partial charge in [-0.05, 0) is 52.2 Å². The van der Waals surface area contributed by atoms with Gasteiger partial charge in [-0.15, -0.1) is 22.7 Å². The molecule has 3 rings (SSSR count). The van der Waals surface area contributed by atoms with Crippen LogP contribution in [0.15, 0.2) is 0 Å². The highest BCUT2D eigenvalue weighted by molar-refractivity contribution is 8.15. The van der Waals surface area contributed by atoms with Crippen molar-refractivity contribution in [3.63, 3.8) is 0 Å². The second-order valence-corrected chi connectivity index (χ2v) is 14.4. The molecule has 136 valence electrons. The third-order valence-electron chi connectivity index (χ3n) is 3.19. The van der Waals surface area contributed by atoms with Gasteiger partial charge in [0.15, 0.2) is 0 Å². The van der Waals surface area contributed by atoms with Crippen molar-refractivity contribution in [3.8, 4) is 0 Å². The monoisotopic (exact) mass is 471 g/mol. The second-order valence-electron chi connectivity index (χ2n) is 4.95. The van der Waals surface area contributed by atoms with Crippen LogP contribution in [0, 0.1) is 0 Å². The Morgan fingerprint density at radius 1 is 0.840 bits per heavy atom. The fourth-order valence-corrected chi connectivity index (χ4v) is 14.4. The van der Waals surface area contributed by atoms with Crippen molar-refractivity contribution in [1.29, 1.82) is 0 Å². The highest BCUT2D eigenvalue weighted by Crippen LogP contribution is 2.44. The van der Waals surface area contributed by atoms with Crippen molar-refractivity contribution in [2.24, 2.45) is 0 Å². The third kappa shape index (κ3) is 3.53. The first-order chi connectivity index (χ1) is 12.0. The molecule has 0 bridgehead atoms. The maximum absolute atomic E-state index is 12.2. The smallest absolute Gasteiger partial charge is 0.349 e. The van der Waals surface area contributed by atoms with Gasteiger partial charge in [0.2, 0.25) is 0 Å². The first kappa shape index (κ1) is 19.3. The molecule has 12 heteroatoms. The highest BCUT2D eigenvalue weighted by Gasteiger charge is 2.25. The van der Waals surface area contributed by atoms with Crippen LogP contribution in [0.4, 0.5) is 0 Å². The molecular weight excluding hydrogens is 459 g/mol. The highest BCUT2D eigenvalue weighted by atomic mass is 33.5. The summed E-state index contributed by atoms with van der Waals surface area (Å²) in [5.41, 5.74) is 0. The van der Waals surface area contributed by atoms with E-state index in [1.807, 2.05) is 0 Å². The minimum Gasteiger partial charge on any atom is -0.465 e. The number of methoxy groups -OCH3 is 2. The third-order valence-corrected chi connectivity index (χ3v) is 14.4. The largest absolute Gasteiger partial charge is 0.465 e. The molecule has 25 heavy (non-hydrogen) atoms. The van der Waals surface area contributed by atoms with E-state index in [2.05, 4.69) is 18.4 Å². The minimum absolute atomic E-state index is 0.228. The molecule has 0 aliphatic rings. The van der Waals surface area contributed by atoms with E-state index in [4.69, 9.17) is 9.47 Å². The quantitative estimate of drug-likeness (QED) is 0.318. The zero-order valence-electron chi connectivity index (χ0n) is 13.5. The average Bonchev–Trinajstić information content (AvgIpc) is 2.74. The lowest BCUT2D eigenvalue weighted by Crippen LogP contribution is -2.09. The van der Waals surface area contributed by atoms with E-state index in [1.54, 1.807) is 48.7 Å². The van der Waals surface area contributed by atoms with E-state index in [1.165, 1.54) is 36.9 Å². The van der Waals surface area contributed by atoms with Gasteiger partial charge in [0.05, 0.1) is 23.6 Å². The van der Waals surface area contributed by atoms with Crippen molar-refractivity contribution < 1.29 is 19.1 Å². The Bertz CT molecular complexity index is 1010. The number of carbonyl (C=O) groups is 2. The average molecular weight is 472 g/mol. The molecule has 3 aromatic heterocycles. The fourth-order valence-electron chi connectivity index (χ4n) is 2.16. The summed E-state index contributed by atoms with van der Waals surface area (Å²) in [4.78, 5) is 27.2. The number of nitrogens with zero attached hydrogens (tertiary/aromatic N) is 1. The summed E-state index contributed by atoms with van der Waals surface area (Å²) >= 11 is 2.59. The predicted octanol–water partition coefficient (Wildman–Crippen LogP) is 6.63. The van der Waals surface area contributed by atoms with Gasteiger partial charge in [-0.2, -0.15) is 0 Å². The first-order valence-corrected chi connectivity index (χ1v) is 14.7. The van der Waals surface area contributed by atoms with Crippen LogP contribution in [-0.2, 0) is 9.47 Å². The maximum Gasteiger partial charge on any atom is 0.349 e. The molecule has 0 saturated carbocycles. The van der Waals surface area contributed by atoms with E-state index in [0.717, 1.165) is 19.1 Å². The number of fused-ring (bicyclic) bond motifs is 3. The second kappa shape index (κ2) is 8.03. The van der Waals surface area contributed by atoms with Crippen molar-refractivity contribution in [3.05, 3.63) is 9.75 Å². The molecule has 5 nitrogen and oxygen atoms in total. The number of aromatic nitrogens is 1. The van der Waals surface area contributed by atoms with E-state index in [0.29, 0.717) is 0 Å². The number of rotatable bonds is 3. The molecule has 0 radical (unpaired) electrons. The number of esters is 2. The molecule has 0 aliphatic heterocycles. The van der Waals surface area contributed by atoms with Gasteiger partial charge in [-0.25, -0.2) is 9.59 Å². The molecule has 3 heterocycles. The first-order valence-electron chi connectivity index (χ1n) is 6.88. The summed E-state index contributed by atoms with van der Waals surface area (Å²) < 4.78 is 14.1. The van der Waals surface area contributed by atoms with Crippen molar-refractivity contribution in [1.82, 2.24) is 4.57 Å². The topological polar surface area (TPSA) is 57.5 Å². The van der Waals surface area contributed by atoms with E-state index < -0.39 is 11.9 Å². The van der Waals surface area contributed by atoms with E-state index in [9.17, 15) is 9.59 Å². The van der Waals surface area contributed by atoms with E-state index in [-0.39, 0.29) is 15.8 Å². The summed E-state index contributed by atoms with van der Waals surface area (Å²) in [6.45, 7) is 4.23. The molecule has 0 N–H and O–H groups in total. The van der Waals surface area contributed by atoms with Crippen molar-refractivity contribution >= 4 is 102 Å². The minimum atomic E-state index is -0.519. The number of hydrogen-bond donors (Lipinski definition) is 0. The Kier molecular flexibility index (Phi) is 6.19. The Labute approximate surface area is 168 Å². The molecule has 0 fully saturated rings. The van der Waals surface area contributed by atoms with Crippen LogP contribution in [0.1, 0.15) is 39.2 Å². The van der Waals surface area contributed by atoms with Gasteiger partial charge >= 0.3 is 11.9 Å². The van der Waals surface area contributed by atoms with Gasteiger partial charge in [0.1, 0.15) is 19.4 Å². The standard InChI is InChI=1S/C13H13NO4S7/c1-5(2)14-10-6(7-11(14)22-24-25-23-21-7)19-8(12(15)17-3)9(20-10)13(16)18-4/h5H,1-4H3. The molecule has 0 spiro atoms. The van der Waals surface area contributed by atoms with Crippen molar-refractivity contribution in [2.45, 2.75) is 19.9 Å². The molecular formula is C13H13NO4S7. The molecule has 3 aromatic rings. The Morgan fingerprint density at radius 2 is 1.44 bits per heavy atom. The predicted molar refractivity (Wildman–Crippen MR) is 113 cm³/mol. The van der Waals surface area contributed by atoms with Gasteiger partial charge in [0.25, 0.3) is 0 Å². The summed E-state index contributed by atoms with van der Waals surface area (Å²) in [6, 6.07) is 0.228. The molecule has 0 saturated heterocycles. The van der Waals surface area contributed by atoms with Crippen LogP contribution in [0.5, 0.6) is 0 Å². The van der Waals surface area contributed by atoms with Gasteiger partial charge in [-0.1, -0.05) is 10.3 Å². The fraction of sp³-hybridized carbons (Fsp3) is 0.385. The molecule has 0 atom stereocenters. The molecule has 0 aromatic carbocycles.